The van der Waals surface area contributed by atoms with E-state index in [1.807, 2.05) is 13.2 Å². The van der Waals surface area contributed by atoms with Gasteiger partial charge in [0.15, 0.2) is 4.32 Å². The third-order valence-electron chi connectivity index (χ3n) is 1.52. The molecule has 0 unspecified atom stereocenters. The van der Waals surface area contributed by atoms with E-state index in [4.69, 9.17) is 17.0 Å². The van der Waals surface area contributed by atoms with Crippen molar-refractivity contribution >= 4 is 40.0 Å². The Hall–Kier alpha value is -0.620. The summed E-state index contributed by atoms with van der Waals surface area (Å²) in [6, 6.07) is 0. The highest BCUT2D eigenvalue weighted by molar-refractivity contribution is 8.22. The Morgan fingerprint density at radius 3 is 2.73 bits per heavy atom. The molecule has 0 heterocycles. The third kappa shape index (κ3) is 8.38. The minimum atomic E-state index is -0.195. The number of hydrazone groups is 1. The SMILES string of the molecule is CCOC(=O)CCC(C)=NNC(=S)SC. The highest BCUT2D eigenvalue weighted by Crippen LogP contribution is 1.97. The smallest absolute Gasteiger partial charge is 0.306 e. The van der Waals surface area contributed by atoms with E-state index in [0.717, 1.165) is 5.71 Å². The number of hydrogen-bond donors (Lipinski definition) is 1. The summed E-state index contributed by atoms with van der Waals surface area (Å²) in [7, 11) is 0. The largest absolute Gasteiger partial charge is 0.466 e. The average Bonchev–Trinajstić information content (AvgIpc) is 2.23. The number of thioether (sulfide) groups is 1. The van der Waals surface area contributed by atoms with Gasteiger partial charge in [-0.1, -0.05) is 24.0 Å². The van der Waals surface area contributed by atoms with E-state index in [-0.39, 0.29) is 5.97 Å². The molecule has 0 spiro atoms. The number of nitrogens with one attached hydrogen (secondary N) is 1. The van der Waals surface area contributed by atoms with Crippen LogP contribution in [0.3, 0.4) is 0 Å². The quantitative estimate of drug-likeness (QED) is 0.349. The molecule has 0 bridgehead atoms. The van der Waals surface area contributed by atoms with Crippen molar-refractivity contribution in [2.45, 2.75) is 26.7 Å². The number of carbonyl (C=O) groups excluding carboxylic acids is 1. The fourth-order valence-corrected chi connectivity index (χ4v) is 0.941. The molecule has 1 N–H and O–H groups in total. The van der Waals surface area contributed by atoms with E-state index in [0.29, 0.717) is 23.8 Å². The lowest BCUT2D eigenvalue weighted by Gasteiger charge is -2.02. The normalized spacial score (nSPS) is 11.0. The van der Waals surface area contributed by atoms with Crippen LogP contribution in [-0.2, 0) is 9.53 Å². The van der Waals surface area contributed by atoms with Crippen molar-refractivity contribution in [2.75, 3.05) is 12.9 Å². The first-order valence-electron chi connectivity index (χ1n) is 4.62. The highest BCUT2D eigenvalue weighted by Gasteiger charge is 2.02. The van der Waals surface area contributed by atoms with Gasteiger partial charge in [-0.2, -0.15) is 5.10 Å². The van der Waals surface area contributed by atoms with Gasteiger partial charge in [0.05, 0.1) is 13.0 Å². The summed E-state index contributed by atoms with van der Waals surface area (Å²) in [5, 5.41) is 4.02. The molecule has 0 aromatic carbocycles. The van der Waals surface area contributed by atoms with E-state index in [2.05, 4.69) is 10.5 Å². The lowest BCUT2D eigenvalue weighted by molar-refractivity contribution is -0.142. The molecule has 0 amide bonds. The molecule has 6 heteroatoms. The second-order valence-corrected chi connectivity index (χ2v) is 4.24. The molecule has 0 aliphatic heterocycles. The number of nitrogens with zero attached hydrogens (tertiary/aromatic N) is 1. The maximum absolute atomic E-state index is 11.0. The summed E-state index contributed by atoms with van der Waals surface area (Å²) in [4.78, 5) is 11.0. The molecular weight excluding hydrogens is 232 g/mol. The molecule has 0 aromatic heterocycles. The van der Waals surface area contributed by atoms with Crippen LogP contribution in [0.2, 0.25) is 0 Å². The molecule has 0 radical (unpaired) electrons. The van der Waals surface area contributed by atoms with Crippen molar-refractivity contribution in [3.8, 4) is 0 Å². The number of rotatable bonds is 5. The molecule has 0 aliphatic carbocycles. The second kappa shape index (κ2) is 8.67. The minimum Gasteiger partial charge on any atom is -0.466 e. The van der Waals surface area contributed by atoms with Crippen LogP contribution in [0.25, 0.3) is 0 Å². The van der Waals surface area contributed by atoms with Crippen molar-refractivity contribution in [1.82, 2.24) is 5.43 Å². The van der Waals surface area contributed by atoms with Gasteiger partial charge in [0.25, 0.3) is 0 Å². The van der Waals surface area contributed by atoms with E-state index in [1.54, 1.807) is 6.92 Å². The van der Waals surface area contributed by atoms with Crippen molar-refractivity contribution in [2.24, 2.45) is 5.10 Å². The Kier molecular flexibility index (Phi) is 8.31. The van der Waals surface area contributed by atoms with Gasteiger partial charge in [-0.15, -0.1) is 0 Å². The molecule has 0 saturated carbocycles. The van der Waals surface area contributed by atoms with Crippen LogP contribution in [0, 0.1) is 0 Å². The van der Waals surface area contributed by atoms with Crippen molar-refractivity contribution in [1.29, 1.82) is 0 Å². The Morgan fingerprint density at radius 2 is 2.20 bits per heavy atom. The maximum Gasteiger partial charge on any atom is 0.306 e. The van der Waals surface area contributed by atoms with Gasteiger partial charge in [-0.25, -0.2) is 0 Å². The fraction of sp³-hybridized carbons (Fsp3) is 0.667. The number of hydrogen-bond acceptors (Lipinski definition) is 5. The summed E-state index contributed by atoms with van der Waals surface area (Å²) < 4.78 is 5.41. The molecule has 15 heavy (non-hydrogen) atoms. The third-order valence-corrected chi connectivity index (χ3v) is 2.57. The van der Waals surface area contributed by atoms with Crippen LogP contribution in [0.4, 0.5) is 0 Å². The summed E-state index contributed by atoms with van der Waals surface area (Å²) >= 11 is 6.33. The first-order chi connectivity index (χ1) is 7.10. The Morgan fingerprint density at radius 1 is 1.53 bits per heavy atom. The van der Waals surface area contributed by atoms with Crippen molar-refractivity contribution < 1.29 is 9.53 Å². The van der Waals surface area contributed by atoms with E-state index in [9.17, 15) is 4.79 Å². The van der Waals surface area contributed by atoms with Crippen LogP contribution in [-0.4, -0.2) is 28.9 Å². The van der Waals surface area contributed by atoms with Crippen LogP contribution in [0.1, 0.15) is 26.7 Å². The highest BCUT2D eigenvalue weighted by atomic mass is 32.2. The van der Waals surface area contributed by atoms with E-state index in [1.165, 1.54) is 11.8 Å². The molecule has 0 aromatic rings. The van der Waals surface area contributed by atoms with Crippen LogP contribution < -0.4 is 5.43 Å². The molecule has 4 nitrogen and oxygen atoms in total. The molecule has 0 saturated heterocycles. The minimum absolute atomic E-state index is 0.195. The molecule has 86 valence electrons. The number of thiocarbonyl (C=S) groups is 1. The second-order valence-electron chi connectivity index (χ2n) is 2.76. The van der Waals surface area contributed by atoms with E-state index < -0.39 is 0 Å². The van der Waals surface area contributed by atoms with Crippen LogP contribution >= 0.6 is 24.0 Å². The van der Waals surface area contributed by atoms with Gasteiger partial charge < -0.3 is 4.74 Å². The Labute approximate surface area is 99.8 Å². The fourth-order valence-electron chi connectivity index (χ4n) is 0.759. The molecular formula is C9H16N2O2S2. The number of ether oxygens (including phenoxy) is 1. The number of esters is 1. The van der Waals surface area contributed by atoms with Gasteiger partial charge >= 0.3 is 5.97 Å². The zero-order valence-corrected chi connectivity index (χ0v) is 10.8. The van der Waals surface area contributed by atoms with Gasteiger partial charge in [0.2, 0.25) is 0 Å². The zero-order chi connectivity index (χ0) is 11.7. The predicted molar refractivity (Wildman–Crippen MR) is 68.2 cm³/mol. The maximum atomic E-state index is 11.0. The van der Waals surface area contributed by atoms with E-state index >= 15 is 0 Å². The summed E-state index contributed by atoms with van der Waals surface area (Å²) in [6.07, 6.45) is 2.82. The molecule has 0 fully saturated rings. The lowest BCUT2D eigenvalue weighted by Crippen LogP contribution is -2.14. The van der Waals surface area contributed by atoms with Gasteiger partial charge in [-0.05, 0) is 26.5 Å². The molecule has 0 aliphatic rings. The topological polar surface area (TPSA) is 50.7 Å². The summed E-state index contributed by atoms with van der Waals surface area (Å²) in [5.74, 6) is -0.195. The number of carbonyl (C=O) groups is 1. The summed E-state index contributed by atoms with van der Waals surface area (Å²) in [6.45, 7) is 4.05. The van der Waals surface area contributed by atoms with Crippen molar-refractivity contribution in [3.05, 3.63) is 0 Å². The van der Waals surface area contributed by atoms with Crippen LogP contribution in [0.5, 0.6) is 0 Å². The predicted octanol–water partition coefficient (Wildman–Crippen LogP) is 1.94. The summed E-state index contributed by atoms with van der Waals surface area (Å²) in [5.41, 5.74) is 3.55. The molecule has 0 rings (SSSR count). The Bertz CT molecular complexity index is 254. The Balaban J connectivity index is 3.77. The average molecular weight is 248 g/mol. The monoisotopic (exact) mass is 248 g/mol. The van der Waals surface area contributed by atoms with Gasteiger partial charge in [0.1, 0.15) is 0 Å². The first-order valence-corrected chi connectivity index (χ1v) is 6.26. The van der Waals surface area contributed by atoms with Crippen molar-refractivity contribution in [3.63, 3.8) is 0 Å². The lowest BCUT2D eigenvalue weighted by atomic mass is 10.2. The van der Waals surface area contributed by atoms with Gasteiger partial charge in [-0.3, -0.25) is 10.2 Å². The zero-order valence-electron chi connectivity index (χ0n) is 9.20. The first kappa shape index (κ1) is 14.4. The van der Waals surface area contributed by atoms with Crippen LogP contribution in [0.15, 0.2) is 5.10 Å². The molecule has 0 atom stereocenters. The van der Waals surface area contributed by atoms with Gasteiger partial charge in [0, 0.05) is 5.71 Å². The standard InChI is InChI=1S/C9H16N2O2S2/c1-4-13-8(12)6-5-7(2)10-11-9(14)15-3/h4-6H2,1-3H3,(H,11,14).